The molecule has 302 valence electrons. The van der Waals surface area contributed by atoms with E-state index in [1.165, 1.54) is 44.0 Å². The molecule has 8 N–H and O–H groups in total. The number of ether oxygens (including phenoxy) is 3. The van der Waals surface area contributed by atoms with Crippen LogP contribution in [-0.4, -0.2) is 167 Å². The summed E-state index contributed by atoms with van der Waals surface area (Å²) >= 11 is 0. The van der Waals surface area contributed by atoms with E-state index in [0.29, 0.717) is 0 Å². The van der Waals surface area contributed by atoms with Crippen LogP contribution in [0.15, 0.2) is 21.9 Å². The van der Waals surface area contributed by atoms with Crippen molar-refractivity contribution in [3.63, 3.8) is 0 Å². The zero-order valence-electron chi connectivity index (χ0n) is 30.6. The second-order valence-electron chi connectivity index (χ2n) is 11.5. The van der Waals surface area contributed by atoms with Crippen molar-refractivity contribution in [2.75, 3.05) is 52.5 Å². The number of carbonyl (C=O) groups is 2. The Kier molecular flexibility index (Phi) is 20.7. The summed E-state index contributed by atoms with van der Waals surface area (Å²) in [6.07, 6.45) is -14.0. The van der Waals surface area contributed by atoms with Crippen molar-refractivity contribution in [2.45, 2.75) is 104 Å². The van der Waals surface area contributed by atoms with Gasteiger partial charge in [0.1, 0.15) is 42.7 Å². The van der Waals surface area contributed by atoms with Gasteiger partial charge in [0.2, 0.25) is 12.2 Å². The number of aromatic nitrogens is 2. The number of hydrogen-bond acceptors (Lipinski definition) is 17. The van der Waals surface area contributed by atoms with E-state index in [9.17, 15) is 53.1 Å². The Bertz CT molecular complexity index is 1420. The summed E-state index contributed by atoms with van der Waals surface area (Å²) in [7, 11) is -4.96. The minimum Gasteiger partial charge on any atom is -0.416 e. The second kappa shape index (κ2) is 22.9. The van der Waals surface area contributed by atoms with Crippen LogP contribution >= 0.6 is 0 Å². The molecule has 0 saturated carbocycles. The van der Waals surface area contributed by atoms with Gasteiger partial charge < -0.3 is 54.9 Å². The third-order valence-electron chi connectivity index (χ3n) is 8.22. The van der Waals surface area contributed by atoms with Crippen molar-refractivity contribution >= 4 is 22.3 Å². The van der Waals surface area contributed by atoms with Gasteiger partial charge in [-0.25, -0.2) is 9.59 Å². The van der Waals surface area contributed by atoms with Gasteiger partial charge in [-0.2, -0.15) is 13.1 Å². The topological polar surface area (TPSA) is 292 Å². The molecular weight excluding hydrogens is 716 g/mol. The highest BCUT2D eigenvalue weighted by Crippen LogP contribution is 2.28. The zero-order chi connectivity index (χ0) is 39.8. The number of rotatable bonds is 14. The highest BCUT2D eigenvalue weighted by molar-refractivity contribution is 7.85. The largest absolute Gasteiger partial charge is 0.425 e. The molecule has 0 radical (unpaired) electrons. The molecule has 2 aliphatic rings. The van der Waals surface area contributed by atoms with E-state index in [2.05, 4.69) is 60.8 Å². The third kappa shape index (κ3) is 14.4. The predicted molar refractivity (Wildman–Crippen MR) is 184 cm³/mol. The lowest BCUT2D eigenvalue weighted by molar-refractivity contribution is -0.252. The van der Waals surface area contributed by atoms with Crippen LogP contribution in [0.4, 0.5) is 4.79 Å². The van der Waals surface area contributed by atoms with Crippen molar-refractivity contribution < 1.29 is 61.9 Å². The van der Waals surface area contributed by atoms with Crippen LogP contribution in [0.25, 0.3) is 0 Å². The molecule has 0 aliphatic carbocycles. The monoisotopic (exact) mass is 772 g/mol. The van der Waals surface area contributed by atoms with Gasteiger partial charge >= 0.3 is 22.1 Å². The number of aliphatic hydroxyl groups is 5. The summed E-state index contributed by atoms with van der Waals surface area (Å²) < 4.78 is 46.3. The Morgan fingerprint density at radius 3 is 1.83 bits per heavy atom. The average Bonchev–Trinajstić information content (AvgIpc) is 3.37. The number of nitrogens with zero attached hydrogens (tertiary/aromatic N) is 3. The number of hydrogen-bond donors (Lipinski definition) is 8. The normalized spacial score (nSPS) is 27.2. The second-order valence-corrected chi connectivity index (χ2v) is 12.8. The van der Waals surface area contributed by atoms with Crippen molar-refractivity contribution in [2.24, 2.45) is 0 Å². The van der Waals surface area contributed by atoms with Crippen molar-refractivity contribution in [3.05, 3.63) is 33.1 Å². The van der Waals surface area contributed by atoms with Crippen molar-refractivity contribution in [1.82, 2.24) is 29.4 Å². The summed E-state index contributed by atoms with van der Waals surface area (Å²) in [5.74, 6) is -0.725. The van der Waals surface area contributed by atoms with Gasteiger partial charge in [0.05, 0.1) is 13.2 Å². The van der Waals surface area contributed by atoms with E-state index in [4.69, 9.17) is 14.2 Å². The fourth-order valence-corrected chi connectivity index (χ4v) is 5.68. The van der Waals surface area contributed by atoms with Gasteiger partial charge in [0.25, 0.3) is 5.56 Å². The first-order valence-electron chi connectivity index (χ1n) is 17.0. The van der Waals surface area contributed by atoms with Crippen LogP contribution in [0.5, 0.6) is 0 Å². The molecule has 0 spiro atoms. The van der Waals surface area contributed by atoms with Gasteiger partial charge in [-0.15, -0.1) is 0 Å². The molecule has 2 aliphatic heterocycles. The number of amides is 2. The number of nitrogens with one attached hydrogen (secondary N) is 3. The molecule has 2 amide bonds. The first-order chi connectivity index (χ1) is 24.4. The summed E-state index contributed by atoms with van der Waals surface area (Å²) in [4.78, 5) is 53.4. The quantitative estimate of drug-likeness (QED) is 0.0923. The number of aromatic amines is 1. The van der Waals surface area contributed by atoms with Crippen LogP contribution < -0.4 is 21.3 Å². The fourth-order valence-electron chi connectivity index (χ4n) is 5.05. The zero-order valence-corrected chi connectivity index (χ0v) is 31.4. The van der Waals surface area contributed by atoms with Crippen LogP contribution in [0.1, 0.15) is 54.7 Å². The molecule has 0 aromatic carbocycles. The molecular formula is C30H56N6O15S. The van der Waals surface area contributed by atoms with Crippen LogP contribution in [0.2, 0.25) is 0 Å². The Balaban J connectivity index is 0.000000812. The molecule has 3 heterocycles. The smallest absolute Gasteiger partial charge is 0.416 e. The van der Waals surface area contributed by atoms with Crippen LogP contribution in [0, 0.1) is 0 Å². The first-order valence-corrected chi connectivity index (χ1v) is 18.4. The molecule has 1 aromatic heterocycles. The summed E-state index contributed by atoms with van der Waals surface area (Å²) in [5, 5.41) is 51.9. The number of aliphatic hydroxyl groups excluding tert-OH is 5. The predicted octanol–water partition coefficient (Wildman–Crippen LogP) is -3.22. The van der Waals surface area contributed by atoms with E-state index in [-0.39, 0.29) is 0 Å². The lowest BCUT2D eigenvalue weighted by Gasteiger charge is -2.41. The number of carbonyl (C=O) groups excluding carboxylic acids is 2. The minimum absolute atomic E-state index is 0.725. The molecule has 21 nitrogen and oxygen atoms in total. The van der Waals surface area contributed by atoms with Crippen LogP contribution in [0.3, 0.4) is 0 Å². The third-order valence-corrected chi connectivity index (χ3v) is 9.08. The lowest BCUT2D eigenvalue weighted by atomic mass is 9.97. The number of H-pyrrole nitrogens is 1. The molecule has 2 saturated heterocycles. The molecule has 2 fully saturated rings. The Morgan fingerprint density at radius 2 is 1.38 bits per heavy atom. The molecule has 9 atom stereocenters. The Morgan fingerprint density at radius 1 is 0.865 bits per heavy atom. The van der Waals surface area contributed by atoms with E-state index in [0.717, 1.165) is 23.8 Å². The van der Waals surface area contributed by atoms with E-state index in [1.54, 1.807) is 0 Å². The van der Waals surface area contributed by atoms with Gasteiger partial charge in [-0.1, -0.05) is 41.5 Å². The maximum atomic E-state index is 12.2. The maximum absolute atomic E-state index is 12.2. The Hall–Kier alpha value is -3.03. The van der Waals surface area contributed by atoms with Crippen LogP contribution in [-0.2, 0) is 33.5 Å². The maximum Gasteiger partial charge on any atom is 0.425 e. The summed E-state index contributed by atoms with van der Waals surface area (Å²) in [6.45, 7) is 19.5. The van der Waals surface area contributed by atoms with Crippen molar-refractivity contribution in [3.8, 4) is 0 Å². The summed E-state index contributed by atoms with van der Waals surface area (Å²) in [6, 6.07) is -0.598. The SMILES string of the molecule is CC(=O)N[C@H]1[C@@H](OC(=O)NS(=O)(=O)OC[C@H]2O[C@@H](n3ccc(=O)[nH]c3=O)[C@H](O)[C@@H]2O)O[C@H](CO)[C@@H](O)[C@@H]1O.CCN(CC)CC.CCN(CC)CC. The standard InChI is InChI=1S/C18H26N4O15S.2C6H15N/c1-6(24)19-10-13(28)11(26)7(4-23)36-16(10)37-18(31)21-38(32,33)34-5-8-12(27)14(29)15(35-8)22-3-2-9(25)20-17(22)30;2*1-4-7(5-2)6-3/h2-3,7-8,10-16,23,26-29H,4-5H2,1H3,(H,19,24)(H,21,31)(H,20,25,30);2*4-6H2,1-3H3/t7-,8-,10-,11-,12-,13-,14-,15-,16-;;/m1../s1. The highest BCUT2D eigenvalue weighted by atomic mass is 32.2. The van der Waals surface area contributed by atoms with Gasteiger partial charge in [-0.05, 0) is 39.3 Å². The lowest BCUT2D eigenvalue weighted by Crippen LogP contribution is -2.65. The molecule has 0 bridgehead atoms. The Labute approximate surface area is 302 Å². The molecule has 0 unspecified atom stereocenters. The van der Waals surface area contributed by atoms with Gasteiger partial charge in [-0.3, -0.25) is 23.3 Å². The molecule has 1 aromatic rings. The van der Waals surface area contributed by atoms with E-state index in [1.807, 2.05) is 4.98 Å². The van der Waals surface area contributed by atoms with E-state index >= 15 is 0 Å². The molecule has 22 heteroatoms. The van der Waals surface area contributed by atoms with E-state index < -0.39 is 102 Å². The fraction of sp³-hybridized carbons (Fsp3) is 0.800. The van der Waals surface area contributed by atoms with Crippen molar-refractivity contribution in [1.29, 1.82) is 0 Å². The molecule has 3 rings (SSSR count). The minimum atomic E-state index is -4.96. The first kappa shape index (κ1) is 47.0. The molecule has 52 heavy (non-hydrogen) atoms. The van der Waals surface area contributed by atoms with Gasteiger partial charge in [0, 0.05) is 19.2 Å². The van der Waals surface area contributed by atoms with Gasteiger partial charge in [0.15, 0.2) is 6.23 Å². The highest BCUT2D eigenvalue weighted by Gasteiger charge is 2.47. The summed E-state index contributed by atoms with van der Waals surface area (Å²) in [5.41, 5.74) is -1.71. The average molecular weight is 773 g/mol.